The van der Waals surface area contributed by atoms with Crippen molar-refractivity contribution in [2.75, 3.05) is 36.8 Å². The third kappa shape index (κ3) is 2.89. The highest BCUT2D eigenvalue weighted by molar-refractivity contribution is 7.90. The summed E-state index contributed by atoms with van der Waals surface area (Å²) < 4.78 is 45.7. The quantitative estimate of drug-likeness (QED) is 0.782. The molecule has 1 aliphatic heterocycles. The molecule has 1 saturated heterocycles. The fraction of sp³-hybridized carbons (Fsp3) is 0.400. The van der Waals surface area contributed by atoms with E-state index >= 15 is 0 Å². The van der Waals surface area contributed by atoms with Gasteiger partial charge in [0.25, 0.3) is 0 Å². The van der Waals surface area contributed by atoms with Crippen LogP contribution in [-0.4, -0.2) is 39.0 Å². The molecule has 0 bridgehead atoms. The van der Waals surface area contributed by atoms with Gasteiger partial charge in [-0.2, -0.15) is 12.7 Å². The number of anilines is 2. The van der Waals surface area contributed by atoms with Crippen molar-refractivity contribution in [1.29, 1.82) is 0 Å². The predicted octanol–water partition coefficient (Wildman–Crippen LogP) is 0.397. The summed E-state index contributed by atoms with van der Waals surface area (Å²) in [6.45, 7) is 1.29. The van der Waals surface area contributed by atoms with E-state index in [0.717, 1.165) is 6.07 Å². The molecule has 3 N–H and O–H groups in total. The lowest BCUT2D eigenvalue weighted by Gasteiger charge is -2.26. The van der Waals surface area contributed by atoms with Crippen molar-refractivity contribution in [3.8, 4) is 0 Å². The molecule has 1 aromatic carbocycles. The zero-order chi connectivity index (χ0) is 13.2. The highest BCUT2D eigenvalue weighted by atomic mass is 32.2. The minimum atomic E-state index is -3.67. The van der Waals surface area contributed by atoms with Crippen LogP contribution in [0.5, 0.6) is 0 Å². The van der Waals surface area contributed by atoms with E-state index in [4.69, 9.17) is 10.5 Å². The van der Waals surface area contributed by atoms with E-state index in [-0.39, 0.29) is 24.5 Å². The van der Waals surface area contributed by atoms with Gasteiger partial charge in [-0.1, -0.05) is 0 Å². The lowest BCUT2D eigenvalue weighted by molar-refractivity contribution is 0.0733. The molecular weight excluding hydrogens is 261 g/mol. The average molecular weight is 275 g/mol. The molecule has 1 heterocycles. The third-order valence-corrected chi connectivity index (χ3v) is 4.10. The van der Waals surface area contributed by atoms with Gasteiger partial charge >= 0.3 is 10.2 Å². The zero-order valence-corrected chi connectivity index (χ0v) is 10.4. The number of morpholine rings is 1. The maximum absolute atomic E-state index is 13.2. The van der Waals surface area contributed by atoms with Gasteiger partial charge in [0.05, 0.1) is 24.6 Å². The zero-order valence-electron chi connectivity index (χ0n) is 9.60. The minimum absolute atomic E-state index is 0.0238. The normalized spacial score (nSPS) is 17.6. The van der Waals surface area contributed by atoms with Crippen LogP contribution in [0.25, 0.3) is 0 Å². The number of hydrogen-bond acceptors (Lipinski definition) is 4. The summed E-state index contributed by atoms with van der Waals surface area (Å²) in [4.78, 5) is 0. The van der Waals surface area contributed by atoms with Crippen LogP contribution >= 0.6 is 0 Å². The first-order chi connectivity index (χ1) is 8.49. The monoisotopic (exact) mass is 275 g/mol. The van der Waals surface area contributed by atoms with Crippen molar-refractivity contribution in [3.05, 3.63) is 24.0 Å². The molecule has 0 atom stereocenters. The number of rotatable bonds is 3. The van der Waals surface area contributed by atoms with Gasteiger partial charge in [-0.25, -0.2) is 4.39 Å². The third-order valence-electron chi connectivity index (χ3n) is 2.56. The molecule has 1 aliphatic rings. The van der Waals surface area contributed by atoms with Crippen LogP contribution < -0.4 is 10.5 Å². The van der Waals surface area contributed by atoms with Gasteiger partial charge in [0.1, 0.15) is 5.82 Å². The Morgan fingerprint density at radius 2 is 2.00 bits per heavy atom. The second kappa shape index (κ2) is 5.09. The topological polar surface area (TPSA) is 84.7 Å². The number of hydrogen-bond donors (Lipinski definition) is 2. The lowest BCUT2D eigenvalue weighted by Crippen LogP contribution is -2.43. The molecule has 0 amide bonds. The van der Waals surface area contributed by atoms with Crippen LogP contribution in [0, 0.1) is 5.82 Å². The molecule has 0 unspecified atom stereocenters. The summed E-state index contributed by atoms with van der Waals surface area (Å²) in [5.41, 5.74) is 5.44. The Balaban J connectivity index is 2.13. The highest BCUT2D eigenvalue weighted by Gasteiger charge is 2.24. The molecule has 18 heavy (non-hydrogen) atoms. The first kappa shape index (κ1) is 13.1. The number of nitrogen functional groups attached to an aromatic ring is 1. The smallest absolute Gasteiger partial charge is 0.301 e. The van der Waals surface area contributed by atoms with Crippen LogP contribution in [0.2, 0.25) is 0 Å². The van der Waals surface area contributed by atoms with Crippen LogP contribution in [0.1, 0.15) is 0 Å². The van der Waals surface area contributed by atoms with Crippen LogP contribution in [0.15, 0.2) is 18.2 Å². The minimum Gasteiger partial charge on any atom is -0.396 e. The molecule has 1 fully saturated rings. The van der Waals surface area contributed by atoms with Gasteiger partial charge in [-0.05, 0) is 12.1 Å². The highest BCUT2D eigenvalue weighted by Crippen LogP contribution is 2.18. The van der Waals surface area contributed by atoms with Crippen molar-refractivity contribution in [1.82, 2.24) is 4.31 Å². The van der Waals surface area contributed by atoms with E-state index in [0.29, 0.717) is 13.2 Å². The van der Waals surface area contributed by atoms with Crippen molar-refractivity contribution in [2.24, 2.45) is 0 Å². The largest absolute Gasteiger partial charge is 0.396 e. The van der Waals surface area contributed by atoms with Crippen LogP contribution in [-0.2, 0) is 14.9 Å². The molecule has 100 valence electrons. The standard InChI is InChI=1S/C10H14FN3O3S/c11-9-7-8(1-2-10(9)12)13-18(15,16)14-3-5-17-6-4-14/h1-2,7,13H,3-6,12H2. The first-order valence-electron chi connectivity index (χ1n) is 5.40. The van der Waals surface area contributed by atoms with Gasteiger partial charge in [-0.15, -0.1) is 0 Å². The summed E-state index contributed by atoms with van der Waals surface area (Å²) in [5, 5.41) is 0. The summed E-state index contributed by atoms with van der Waals surface area (Å²) in [6.07, 6.45) is 0. The first-order valence-corrected chi connectivity index (χ1v) is 6.84. The number of ether oxygens (including phenoxy) is 1. The number of halogens is 1. The molecule has 2 rings (SSSR count). The fourth-order valence-corrected chi connectivity index (χ4v) is 2.77. The van der Waals surface area contributed by atoms with Gasteiger partial charge in [0.2, 0.25) is 0 Å². The van der Waals surface area contributed by atoms with Gasteiger partial charge in [-0.3, -0.25) is 4.72 Å². The van der Waals surface area contributed by atoms with Crippen LogP contribution in [0.4, 0.5) is 15.8 Å². The SMILES string of the molecule is Nc1ccc(NS(=O)(=O)N2CCOCC2)cc1F. The summed E-state index contributed by atoms with van der Waals surface area (Å²) >= 11 is 0. The Hall–Kier alpha value is -1.38. The second-order valence-corrected chi connectivity index (χ2v) is 5.53. The van der Waals surface area contributed by atoms with Crippen molar-refractivity contribution in [2.45, 2.75) is 0 Å². The molecule has 0 saturated carbocycles. The molecule has 0 aliphatic carbocycles. The van der Waals surface area contributed by atoms with E-state index in [1.165, 1.54) is 16.4 Å². The summed E-state index contributed by atoms with van der Waals surface area (Å²) in [5.74, 6) is -0.655. The number of nitrogens with one attached hydrogen (secondary N) is 1. The van der Waals surface area contributed by atoms with Crippen molar-refractivity contribution in [3.63, 3.8) is 0 Å². The molecular formula is C10H14FN3O3S. The molecule has 1 aromatic rings. The maximum Gasteiger partial charge on any atom is 0.301 e. The molecule has 0 radical (unpaired) electrons. The van der Waals surface area contributed by atoms with Crippen molar-refractivity contribution >= 4 is 21.6 Å². The second-order valence-electron chi connectivity index (χ2n) is 3.85. The predicted molar refractivity (Wildman–Crippen MR) is 65.7 cm³/mol. The Morgan fingerprint density at radius 3 is 2.61 bits per heavy atom. The Morgan fingerprint density at radius 1 is 1.33 bits per heavy atom. The lowest BCUT2D eigenvalue weighted by atomic mass is 10.3. The van der Waals surface area contributed by atoms with E-state index in [2.05, 4.69) is 4.72 Å². The number of benzene rings is 1. The van der Waals surface area contributed by atoms with Gasteiger partial charge in [0, 0.05) is 19.2 Å². The van der Waals surface area contributed by atoms with Gasteiger partial charge in [0.15, 0.2) is 0 Å². The van der Waals surface area contributed by atoms with Crippen molar-refractivity contribution < 1.29 is 17.5 Å². The van der Waals surface area contributed by atoms with E-state index in [9.17, 15) is 12.8 Å². The maximum atomic E-state index is 13.2. The Kier molecular flexibility index (Phi) is 3.69. The molecule has 0 aromatic heterocycles. The average Bonchev–Trinajstić information content (AvgIpc) is 2.35. The number of nitrogens with zero attached hydrogens (tertiary/aromatic N) is 1. The Bertz CT molecular complexity index is 529. The van der Waals surface area contributed by atoms with E-state index < -0.39 is 16.0 Å². The summed E-state index contributed by atoms with van der Waals surface area (Å²) in [7, 11) is -3.67. The Labute approximate surface area is 105 Å². The van der Waals surface area contributed by atoms with Crippen LogP contribution in [0.3, 0.4) is 0 Å². The molecule has 0 spiro atoms. The summed E-state index contributed by atoms with van der Waals surface area (Å²) in [6, 6.07) is 3.77. The van der Waals surface area contributed by atoms with E-state index in [1.807, 2.05) is 0 Å². The van der Waals surface area contributed by atoms with Gasteiger partial charge < -0.3 is 10.5 Å². The molecule has 8 heteroatoms. The van der Waals surface area contributed by atoms with E-state index in [1.54, 1.807) is 0 Å². The molecule has 6 nitrogen and oxygen atoms in total. The fourth-order valence-electron chi connectivity index (χ4n) is 1.59. The number of nitrogens with two attached hydrogens (primary N) is 1.